The zero-order valence-corrected chi connectivity index (χ0v) is 11.3. The van der Waals surface area contributed by atoms with Gasteiger partial charge in [-0.25, -0.2) is 14.6 Å². The maximum Gasteiger partial charge on any atom is 0.354 e. The molecule has 1 saturated carbocycles. The van der Waals surface area contributed by atoms with Gasteiger partial charge in [-0.05, 0) is 24.5 Å². The van der Waals surface area contributed by atoms with Crippen molar-refractivity contribution in [1.82, 2.24) is 20.9 Å². The van der Waals surface area contributed by atoms with Crippen LogP contribution in [0.5, 0.6) is 0 Å². The number of pyridine rings is 1. The van der Waals surface area contributed by atoms with Gasteiger partial charge in [-0.2, -0.15) is 0 Å². The second-order valence-electron chi connectivity index (χ2n) is 4.73. The number of hydrogen-bond donors (Lipinski definition) is 4. The molecular formula is C13H16N4O4. The summed E-state index contributed by atoms with van der Waals surface area (Å²) in [6.45, 7) is 0.126. The fourth-order valence-corrected chi connectivity index (χ4v) is 1.57. The van der Waals surface area contributed by atoms with Crippen molar-refractivity contribution in [2.45, 2.75) is 25.4 Å². The highest BCUT2D eigenvalue weighted by Gasteiger charge is 2.23. The predicted molar refractivity (Wildman–Crippen MR) is 72.6 cm³/mol. The van der Waals surface area contributed by atoms with Crippen LogP contribution in [0.1, 0.15) is 28.9 Å². The van der Waals surface area contributed by atoms with Crippen LogP contribution in [0.15, 0.2) is 18.3 Å². The predicted octanol–water partition coefficient (Wildman–Crippen LogP) is -0.142. The third-order valence-electron chi connectivity index (χ3n) is 2.85. The SMILES string of the molecule is O=C(CNC(=O)NCc1ccc(C(=O)O)nc1)NC1CC1. The van der Waals surface area contributed by atoms with Crippen LogP contribution in [-0.4, -0.2) is 40.6 Å². The summed E-state index contributed by atoms with van der Waals surface area (Å²) in [4.78, 5) is 37.2. The average Bonchev–Trinajstić information content (AvgIpc) is 3.27. The summed E-state index contributed by atoms with van der Waals surface area (Å²) in [5, 5.41) is 16.4. The third-order valence-corrected chi connectivity index (χ3v) is 2.85. The molecule has 0 bridgehead atoms. The number of rotatable bonds is 6. The number of aromatic carboxylic acids is 1. The number of hydrogen-bond acceptors (Lipinski definition) is 4. The highest BCUT2D eigenvalue weighted by atomic mass is 16.4. The Morgan fingerprint density at radius 2 is 2.00 bits per heavy atom. The van der Waals surface area contributed by atoms with Crippen molar-refractivity contribution in [1.29, 1.82) is 0 Å². The lowest BCUT2D eigenvalue weighted by Gasteiger charge is -2.08. The molecule has 0 unspecified atom stereocenters. The van der Waals surface area contributed by atoms with Gasteiger partial charge in [0.25, 0.3) is 0 Å². The number of carboxylic acids is 1. The van der Waals surface area contributed by atoms with Crippen LogP contribution in [0.25, 0.3) is 0 Å². The first-order valence-corrected chi connectivity index (χ1v) is 6.54. The quantitative estimate of drug-likeness (QED) is 0.581. The monoisotopic (exact) mass is 292 g/mol. The molecule has 8 heteroatoms. The Hall–Kier alpha value is -2.64. The van der Waals surface area contributed by atoms with Gasteiger partial charge in [0.05, 0.1) is 6.54 Å². The first kappa shape index (κ1) is 14.8. The largest absolute Gasteiger partial charge is 0.477 e. The van der Waals surface area contributed by atoms with E-state index in [4.69, 9.17) is 5.11 Å². The lowest BCUT2D eigenvalue weighted by molar-refractivity contribution is -0.120. The highest BCUT2D eigenvalue weighted by Crippen LogP contribution is 2.18. The van der Waals surface area contributed by atoms with Gasteiger partial charge in [-0.1, -0.05) is 6.07 Å². The normalized spacial score (nSPS) is 13.3. The van der Waals surface area contributed by atoms with Crippen molar-refractivity contribution in [2.24, 2.45) is 0 Å². The van der Waals surface area contributed by atoms with Crippen LogP contribution in [0.3, 0.4) is 0 Å². The summed E-state index contributed by atoms with van der Waals surface area (Å²) < 4.78 is 0. The first-order valence-electron chi connectivity index (χ1n) is 6.54. The first-order chi connectivity index (χ1) is 10.0. The van der Waals surface area contributed by atoms with E-state index in [1.54, 1.807) is 6.07 Å². The van der Waals surface area contributed by atoms with Crippen LogP contribution < -0.4 is 16.0 Å². The fourth-order valence-electron chi connectivity index (χ4n) is 1.57. The zero-order chi connectivity index (χ0) is 15.2. The molecule has 1 aromatic rings. The topological polar surface area (TPSA) is 120 Å². The van der Waals surface area contributed by atoms with Crippen LogP contribution in [0.4, 0.5) is 4.79 Å². The lowest BCUT2D eigenvalue weighted by Crippen LogP contribution is -2.42. The van der Waals surface area contributed by atoms with Crippen molar-refractivity contribution < 1.29 is 19.5 Å². The van der Waals surface area contributed by atoms with E-state index in [2.05, 4.69) is 20.9 Å². The van der Waals surface area contributed by atoms with E-state index in [0.717, 1.165) is 12.8 Å². The molecule has 0 aromatic carbocycles. The molecule has 4 N–H and O–H groups in total. The molecule has 1 heterocycles. The molecule has 0 atom stereocenters. The van der Waals surface area contributed by atoms with Crippen molar-refractivity contribution in [2.75, 3.05) is 6.54 Å². The number of carboxylic acid groups (broad SMARTS) is 1. The summed E-state index contributed by atoms with van der Waals surface area (Å²) in [7, 11) is 0. The lowest BCUT2D eigenvalue weighted by atomic mass is 10.2. The molecule has 2 rings (SSSR count). The van der Waals surface area contributed by atoms with E-state index in [0.29, 0.717) is 5.56 Å². The number of amides is 3. The van der Waals surface area contributed by atoms with Gasteiger partial charge < -0.3 is 21.1 Å². The van der Waals surface area contributed by atoms with Crippen LogP contribution in [-0.2, 0) is 11.3 Å². The molecule has 1 aliphatic carbocycles. The molecule has 3 amide bonds. The van der Waals surface area contributed by atoms with E-state index >= 15 is 0 Å². The Morgan fingerprint density at radius 3 is 2.57 bits per heavy atom. The van der Waals surface area contributed by atoms with E-state index in [1.807, 2.05) is 0 Å². The van der Waals surface area contributed by atoms with Crippen molar-refractivity contribution in [3.05, 3.63) is 29.6 Å². The molecule has 1 fully saturated rings. The number of nitrogens with one attached hydrogen (secondary N) is 3. The maximum atomic E-state index is 11.5. The van der Waals surface area contributed by atoms with Crippen LogP contribution in [0.2, 0.25) is 0 Å². The minimum atomic E-state index is -1.10. The number of urea groups is 1. The average molecular weight is 292 g/mol. The molecule has 0 saturated heterocycles. The Morgan fingerprint density at radius 1 is 1.24 bits per heavy atom. The van der Waals surface area contributed by atoms with E-state index in [-0.39, 0.29) is 30.7 Å². The fraction of sp³-hybridized carbons (Fsp3) is 0.385. The Labute approximate surface area is 120 Å². The molecule has 0 aliphatic heterocycles. The van der Waals surface area contributed by atoms with Gasteiger partial charge in [-0.15, -0.1) is 0 Å². The molecule has 1 aliphatic rings. The number of carbonyl (C=O) groups is 3. The maximum absolute atomic E-state index is 11.5. The van der Waals surface area contributed by atoms with Gasteiger partial charge in [0, 0.05) is 18.8 Å². The molecule has 0 radical (unpaired) electrons. The van der Waals surface area contributed by atoms with E-state index in [9.17, 15) is 14.4 Å². The minimum Gasteiger partial charge on any atom is -0.477 e. The Balaban J connectivity index is 1.67. The molecule has 21 heavy (non-hydrogen) atoms. The van der Waals surface area contributed by atoms with Gasteiger partial charge in [-0.3, -0.25) is 4.79 Å². The minimum absolute atomic E-state index is 0.0556. The summed E-state index contributed by atoms with van der Waals surface area (Å²) >= 11 is 0. The summed E-state index contributed by atoms with van der Waals surface area (Å²) in [6.07, 6.45) is 3.37. The van der Waals surface area contributed by atoms with Crippen LogP contribution in [0, 0.1) is 0 Å². The third kappa shape index (κ3) is 5.09. The van der Waals surface area contributed by atoms with Crippen molar-refractivity contribution >= 4 is 17.9 Å². The van der Waals surface area contributed by atoms with E-state index < -0.39 is 12.0 Å². The number of nitrogens with zero attached hydrogens (tertiary/aromatic N) is 1. The Bertz CT molecular complexity index is 540. The molecular weight excluding hydrogens is 276 g/mol. The number of carbonyl (C=O) groups excluding carboxylic acids is 2. The van der Waals surface area contributed by atoms with E-state index in [1.165, 1.54) is 12.3 Å². The summed E-state index contributed by atoms with van der Waals surface area (Å²) in [6, 6.07) is 2.72. The van der Waals surface area contributed by atoms with Gasteiger partial charge >= 0.3 is 12.0 Å². The zero-order valence-electron chi connectivity index (χ0n) is 11.3. The summed E-state index contributed by atoms with van der Waals surface area (Å²) in [5.41, 5.74) is 0.609. The molecule has 112 valence electrons. The summed E-state index contributed by atoms with van der Waals surface area (Å²) in [5.74, 6) is -1.31. The second-order valence-corrected chi connectivity index (χ2v) is 4.73. The Kier molecular flexibility index (Phi) is 4.70. The standard InChI is InChI=1S/C13H16N4O4/c18-11(17-9-2-3-9)7-16-13(21)15-6-8-1-4-10(12(19)20)14-5-8/h1,4-5,9H,2-3,6-7H2,(H,17,18)(H,19,20)(H2,15,16,21). The van der Waals surface area contributed by atoms with Gasteiger partial charge in [0.1, 0.15) is 5.69 Å². The molecule has 1 aromatic heterocycles. The van der Waals surface area contributed by atoms with Gasteiger partial charge in [0.15, 0.2) is 0 Å². The van der Waals surface area contributed by atoms with Crippen LogP contribution >= 0.6 is 0 Å². The van der Waals surface area contributed by atoms with Gasteiger partial charge in [0.2, 0.25) is 5.91 Å². The molecule has 0 spiro atoms. The second kappa shape index (κ2) is 6.69. The molecule has 8 nitrogen and oxygen atoms in total. The number of aromatic nitrogens is 1. The van der Waals surface area contributed by atoms with Crippen molar-refractivity contribution in [3.63, 3.8) is 0 Å². The smallest absolute Gasteiger partial charge is 0.354 e. The highest BCUT2D eigenvalue weighted by molar-refractivity contribution is 5.85. The van der Waals surface area contributed by atoms with Crippen molar-refractivity contribution in [3.8, 4) is 0 Å².